The van der Waals surface area contributed by atoms with Gasteiger partial charge in [0.05, 0.1) is 6.10 Å². The molecule has 0 aromatic rings. The minimum Gasteiger partial charge on any atom is -0.325 e. The van der Waals surface area contributed by atoms with Crippen molar-refractivity contribution in [1.82, 2.24) is 0 Å². The molecule has 1 radical (unpaired) electrons. The van der Waals surface area contributed by atoms with Gasteiger partial charge < -0.3 is 4.18 Å². The zero-order valence-electron chi connectivity index (χ0n) is 7.38. The minimum absolute atomic E-state index is 0.409. The maximum absolute atomic E-state index is 6.77. The average Bonchev–Trinajstić information content (AvgIpc) is 2.48. The van der Waals surface area contributed by atoms with Crippen molar-refractivity contribution in [2.75, 3.05) is 0 Å². The molecule has 0 heterocycles. The molecule has 0 unspecified atom stereocenters. The van der Waals surface area contributed by atoms with E-state index in [-0.39, 0.29) is 0 Å². The van der Waals surface area contributed by atoms with Crippen LogP contribution in [0.25, 0.3) is 0 Å². The SMILES string of the molecule is [3H][B]SO[C@H]1CC[C@H](CC)C1. The second-order valence-corrected chi connectivity index (χ2v) is 3.29. The average molecular weight is 159 g/mol. The van der Waals surface area contributed by atoms with E-state index in [1.54, 1.807) is 0 Å². The standard InChI is InChI=1S/C7H14BOS/c1-2-6-3-4-7(5-6)9-10-8/h6-8H,2-5H2,1H3/t6-,7-/m0/s1/i8T. The van der Waals surface area contributed by atoms with Crippen LogP contribution in [-0.2, 0) is 4.18 Å². The molecule has 1 rings (SSSR count). The van der Waals surface area contributed by atoms with Crippen LogP contribution in [0.15, 0.2) is 0 Å². The second kappa shape index (κ2) is 4.29. The fraction of sp³-hybridized carbons (Fsp3) is 1.00. The van der Waals surface area contributed by atoms with E-state index in [9.17, 15) is 0 Å². The highest BCUT2D eigenvalue weighted by Gasteiger charge is 2.23. The maximum atomic E-state index is 6.77. The Morgan fingerprint density at radius 2 is 2.70 bits per heavy atom. The Kier molecular flexibility index (Phi) is 3.03. The summed E-state index contributed by atoms with van der Waals surface area (Å²) in [6.07, 6.45) is 5.36. The van der Waals surface area contributed by atoms with Crippen LogP contribution in [0.4, 0.5) is 0 Å². The first-order valence-corrected chi connectivity index (χ1v) is 4.69. The van der Waals surface area contributed by atoms with Crippen LogP contribution in [0.1, 0.15) is 32.6 Å². The van der Waals surface area contributed by atoms with Gasteiger partial charge in [-0.25, -0.2) is 0 Å². The predicted molar refractivity (Wildman–Crippen MR) is 47.2 cm³/mol. The van der Waals surface area contributed by atoms with Gasteiger partial charge in [-0.15, -0.1) is 0 Å². The normalized spacial score (nSPS) is 33.9. The Balaban J connectivity index is 2.09. The van der Waals surface area contributed by atoms with Crippen molar-refractivity contribution in [2.24, 2.45) is 5.92 Å². The monoisotopic (exact) mass is 159 g/mol. The van der Waals surface area contributed by atoms with E-state index in [1.807, 2.05) is 0 Å². The Morgan fingerprint density at radius 1 is 1.80 bits per heavy atom. The molecule has 1 saturated carbocycles. The first-order chi connectivity index (χ1) is 5.36. The Morgan fingerprint density at radius 3 is 3.30 bits per heavy atom. The third-order valence-corrected chi connectivity index (χ3v) is 2.65. The minimum atomic E-state index is 0.409. The summed E-state index contributed by atoms with van der Waals surface area (Å²) in [6.45, 7) is 2.23. The van der Waals surface area contributed by atoms with Crippen LogP contribution in [0.3, 0.4) is 0 Å². The highest BCUT2D eigenvalue weighted by atomic mass is 32.2. The number of hydrogen-bond acceptors (Lipinski definition) is 2. The molecular formula is C7H14BOS. The highest BCUT2D eigenvalue weighted by Crippen LogP contribution is 2.31. The van der Waals surface area contributed by atoms with Gasteiger partial charge in [-0.1, -0.05) is 25.2 Å². The largest absolute Gasteiger partial charge is 0.325 e. The molecule has 0 spiro atoms. The summed E-state index contributed by atoms with van der Waals surface area (Å²) in [4.78, 5) is 0. The molecule has 1 nitrogen and oxygen atoms in total. The first-order valence-electron chi connectivity index (χ1n) is 4.46. The van der Waals surface area contributed by atoms with Crippen LogP contribution in [0.5, 0.6) is 0 Å². The van der Waals surface area contributed by atoms with Gasteiger partial charge in [0.25, 0.3) is 0 Å². The van der Waals surface area contributed by atoms with Gasteiger partial charge in [-0.3, -0.25) is 0 Å². The van der Waals surface area contributed by atoms with Crippen LogP contribution in [0.2, 0.25) is 0 Å². The van der Waals surface area contributed by atoms with Gasteiger partial charge in [0, 0.05) is 0 Å². The molecule has 1 aliphatic rings. The third kappa shape index (κ3) is 2.20. The van der Waals surface area contributed by atoms with Crippen LogP contribution in [-0.4, -0.2) is 14.5 Å². The van der Waals surface area contributed by atoms with Gasteiger partial charge in [0.2, 0.25) is 7.09 Å². The molecule has 0 saturated heterocycles. The fourth-order valence-corrected chi connectivity index (χ4v) is 1.90. The van der Waals surface area contributed by atoms with Crippen molar-refractivity contribution in [3.63, 3.8) is 0 Å². The molecule has 0 N–H and O–H groups in total. The van der Waals surface area contributed by atoms with Gasteiger partial charge in [-0.05, 0) is 26.5 Å². The summed E-state index contributed by atoms with van der Waals surface area (Å²) in [5.41, 5.74) is 0. The van der Waals surface area contributed by atoms with E-state index >= 15 is 0 Å². The predicted octanol–water partition coefficient (Wildman–Crippen LogP) is 2.05. The lowest BCUT2D eigenvalue weighted by Crippen LogP contribution is -2.02. The summed E-state index contributed by atoms with van der Waals surface area (Å²) >= 11 is 1.16. The number of hydrogen-bond donors (Lipinski definition) is 0. The van der Waals surface area contributed by atoms with Crippen molar-refractivity contribution in [3.8, 4) is 0 Å². The molecule has 57 valence electrons. The summed E-state index contributed by atoms with van der Waals surface area (Å²) < 4.78 is 12.1. The van der Waals surface area contributed by atoms with E-state index < -0.39 is 0 Å². The van der Waals surface area contributed by atoms with E-state index in [1.165, 1.54) is 32.8 Å². The van der Waals surface area contributed by atoms with E-state index in [0.717, 1.165) is 17.8 Å². The molecule has 1 aliphatic carbocycles. The quantitative estimate of drug-likeness (QED) is 0.458. The molecule has 2 atom stereocenters. The Bertz CT molecular complexity index is 115. The molecule has 3 heteroatoms. The first kappa shape index (κ1) is 7.05. The van der Waals surface area contributed by atoms with Crippen molar-refractivity contribution >= 4 is 19.0 Å². The lowest BCUT2D eigenvalue weighted by molar-refractivity contribution is 0.247. The Labute approximate surface area is 69.8 Å². The lowest BCUT2D eigenvalue weighted by Gasteiger charge is -2.08. The van der Waals surface area contributed by atoms with Crippen molar-refractivity contribution < 1.29 is 4.18 Å². The molecule has 0 aliphatic heterocycles. The third-order valence-electron chi connectivity index (χ3n) is 2.26. The molecule has 0 amide bonds. The zero-order chi connectivity index (χ0) is 8.10. The number of rotatable bonds is 4. The van der Waals surface area contributed by atoms with Crippen LogP contribution < -0.4 is 0 Å². The fourth-order valence-electron chi connectivity index (χ4n) is 1.57. The van der Waals surface area contributed by atoms with Gasteiger partial charge in [-0.2, -0.15) is 0 Å². The highest BCUT2D eigenvalue weighted by molar-refractivity contribution is 8.15. The smallest absolute Gasteiger partial charge is 0.209 e. The van der Waals surface area contributed by atoms with E-state index in [0.29, 0.717) is 6.10 Å². The second-order valence-electron chi connectivity index (χ2n) is 2.90. The molecule has 0 aromatic carbocycles. The topological polar surface area (TPSA) is 9.23 Å². The molecule has 10 heavy (non-hydrogen) atoms. The van der Waals surface area contributed by atoms with Crippen molar-refractivity contribution in [1.29, 1.82) is 1.34 Å². The summed E-state index contributed by atoms with van der Waals surface area (Å²) in [5, 5.41) is 0. The maximum Gasteiger partial charge on any atom is 0.209 e. The molecular weight excluding hydrogens is 143 g/mol. The van der Waals surface area contributed by atoms with Gasteiger partial charge >= 0.3 is 0 Å². The Hall–Kier alpha value is 0.375. The van der Waals surface area contributed by atoms with Gasteiger partial charge in [0.1, 0.15) is 0 Å². The van der Waals surface area contributed by atoms with Crippen LogP contribution in [0, 0.1) is 5.92 Å². The van der Waals surface area contributed by atoms with E-state index in [4.69, 9.17) is 5.52 Å². The molecule has 0 aromatic heterocycles. The zero-order valence-corrected chi connectivity index (χ0v) is 7.19. The molecule has 1 fully saturated rings. The van der Waals surface area contributed by atoms with E-state index in [2.05, 4.69) is 6.92 Å². The molecule has 0 bridgehead atoms. The van der Waals surface area contributed by atoms with Crippen LogP contribution >= 0.6 is 11.9 Å². The summed E-state index contributed by atoms with van der Waals surface area (Å²) in [5.74, 6) is 0.867. The summed E-state index contributed by atoms with van der Waals surface area (Å²) in [7, 11) is 1.25. The van der Waals surface area contributed by atoms with Crippen molar-refractivity contribution in [3.05, 3.63) is 0 Å². The van der Waals surface area contributed by atoms with Gasteiger partial charge in [0.15, 0.2) is 0 Å². The van der Waals surface area contributed by atoms with Crippen molar-refractivity contribution in [2.45, 2.75) is 38.7 Å². The summed E-state index contributed by atoms with van der Waals surface area (Å²) in [6, 6.07) is 0. The lowest BCUT2D eigenvalue weighted by atomic mass is 10.1.